The molecule has 0 spiro atoms. The van der Waals surface area contributed by atoms with E-state index in [0.717, 1.165) is 36.0 Å². The van der Waals surface area contributed by atoms with Crippen molar-refractivity contribution in [2.75, 3.05) is 23.7 Å². The Morgan fingerprint density at radius 2 is 2.07 bits per heavy atom. The van der Waals surface area contributed by atoms with Crippen LogP contribution >= 0.6 is 11.8 Å². The van der Waals surface area contributed by atoms with Gasteiger partial charge in [0.1, 0.15) is 5.69 Å². The van der Waals surface area contributed by atoms with Crippen molar-refractivity contribution in [1.82, 2.24) is 0 Å². The highest BCUT2D eigenvalue weighted by Gasteiger charge is 2.53. The number of nitro groups is 1. The molecule has 0 aromatic heterocycles. The van der Waals surface area contributed by atoms with Crippen LogP contribution in [0.15, 0.2) is 48.5 Å². The van der Waals surface area contributed by atoms with Gasteiger partial charge >= 0.3 is 5.17 Å². The number of hydrogen-bond acceptors (Lipinski definition) is 5. The summed E-state index contributed by atoms with van der Waals surface area (Å²) in [4.78, 5) is 12.9. The van der Waals surface area contributed by atoms with Crippen molar-refractivity contribution in [2.24, 2.45) is 0 Å². The van der Waals surface area contributed by atoms with Gasteiger partial charge in [-0.15, -0.1) is 0 Å². The average Bonchev–Trinajstić information content (AvgIpc) is 3.02. The van der Waals surface area contributed by atoms with Crippen LogP contribution in [0.1, 0.15) is 24.5 Å². The topological polar surface area (TPSA) is 69.6 Å². The van der Waals surface area contributed by atoms with Crippen molar-refractivity contribution in [3.05, 3.63) is 69.8 Å². The van der Waals surface area contributed by atoms with E-state index in [-0.39, 0.29) is 5.69 Å². The average molecular weight is 384 g/mol. The van der Waals surface area contributed by atoms with E-state index >= 15 is 0 Å². The Labute approximate surface area is 162 Å². The van der Waals surface area contributed by atoms with E-state index in [1.165, 1.54) is 17.7 Å². The first-order valence-electron chi connectivity index (χ1n) is 9.14. The lowest BCUT2D eigenvalue weighted by Crippen LogP contribution is -2.41. The van der Waals surface area contributed by atoms with E-state index < -0.39 is 10.6 Å². The SMILES string of the molecule is CCc1ccc(N2CC(O)(c3cccc([N+](=O)[O-])c3)[N+]3=C2SCCC3)cc1. The minimum atomic E-state index is -1.28. The number of thioether (sulfide) groups is 1. The highest BCUT2D eigenvalue weighted by molar-refractivity contribution is 8.13. The van der Waals surface area contributed by atoms with Gasteiger partial charge in [-0.3, -0.25) is 10.1 Å². The van der Waals surface area contributed by atoms with Gasteiger partial charge in [-0.1, -0.05) is 31.2 Å². The highest BCUT2D eigenvalue weighted by atomic mass is 32.2. The molecule has 1 unspecified atom stereocenters. The number of nitro benzene ring substituents is 1. The van der Waals surface area contributed by atoms with Gasteiger partial charge in [0, 0.05) is 23.4 Å². The third-order valence-corrected chi connectivity index (χ3v) is 6.41. The summed E-state index contributed by atoms with van der Waals surface area (Å²) in [6, 6.07) is 14.7. The van der Waals surface area contributed by atoms with Gasteiger partial charge in [-0.25, -0.2) is 9.48 Å². The number of aryl methyl sites for hydroxylation is 1. The molecule has 1 N–H and O–H groups in total. The number of β-amino-alcohol motifs (C(OH)–C–C–N with tert-alkyl or cyclic N) is 1. The Bertz CT molecular complexity index is 913. The summed E-state index contributed by atoms with van der Waals surface area (Å²) >= 11 is 1.73. The zero-order valence-corrected chi connectivity index (χ0v) is 16.0. The van der Waals surface area contributed by atoms with Gasteiger partial charge in [0.05, 0.1) is 11.5 Å². The zero-order valence-electron chi connectivity index (χ0n) is 15.2. The van der Waals surface area contributed by atoms with Crippen molar-refractivity contribution in [1.29, 1.82) is 0 Å². The highest BCUT2D eigenvalue weighted by Crippen LogP contribution is 2.38. The molecule has 0 radical (unpaired) electrons. The maximum absolute atomic E-state index is 11.6. The van der Waals surface area contributed by atoms with Gasteiger partial charge in [-0.05, 0) is 42.3 Å². The standard InChI is InChI=1S/C20H22N3O3S/c1-2-15-7-9-17(10-8-15)21-14-20(24,22-11-4-12-27-19(21)22)16-5-3-6-18(13-16)23(25)26/h3,5-10,13,24H,2,4,11-12,14H2,1H3/q+1. The minimum Gasteiger partial charge on any atom is -0.346 e. The van der Waals surface area contributed by atoms with Gasteiger partial charge in [0.25, 0.3) is 11.4 Å². The molecule has 0 amide bonds. The fraction of sp³-hybridized carbons (Fsp3) is 0.350. The van der Waals surface area contributed by atoms with Gasteiger partial charge in [0.15, 0.2) is 6.54 Å². The molecular weight excluding hydrogens is 362 g/mol. The number of rotatable bonds is 4. The van der Waals surface area contributed by atoms with Gasteiger partial charge < -0.3 is 5.11 Å². The maximum Gasteiger partial charge on any atom is 0.316 e. The van der Waals surface area contributed by atoms with Crippen LogP contribution in [-0.2, 0) is 12.1 Å². The molecule has 6 nitrogen and oxygen atoms in total. The summed E-state index contributed by atoms with van der Waals surface area (Å²) < 4.78 is 1.99. The number of nitrogens with zero attached hydrogens (tertiary/aromatic N) is 3. The van der Waals surface area contributed by atoms with E-state index in [1.807, 2.05) is 4.58 Å². The predicted octanol–water partition coefficient (Wildman–Crippen LogP) is 3.33. The molecule has 2 aromatic carbocycles. The van der Waals surface area contributed by atoms with Crippen molar-refractivity contribution in [3.63, 3.8) is 0 Å². The molecule has 0 fully saturated rings. The molecule has 27 heavy (non-hydrogen) atoms. The molecule has 2 aliphatic heterocycles. The Kier molecular flexibility index (Phi) is 4.65. The second-order valence-corrected chi connectivity index (χ2v) is 7.93. The molecule has 2 aromatic rings. The Morgan fingerprint density at radius 1 is 1.30 bits per heavy atom. The van der Waals surface area contributed by atoms with Crippen LogP contribution in [0.25, 0.3) is 0 Å². The number of amidine groups is 1. The first-order valence-corrected chi connectivity index (χ1v) is 10.1. The Hall–Kier alpha value is -2.38. The molecule has 4 rings (SSSR count). The lowest BCUT2D eigenvalue weighted by molar-refractivity contribution is -0.656. The molecule has 140 valence electrons. The predicted molar refractivity (Wildman–Crippen MR) is 107 cm³/mol. The molecule has 0 aliphatic carbocycles. The number of aliphatic hydroxyl groups is 1. The van der Waals surface area contributed by atoms with Crippen LogP contribution in [0.5, 0.6) is 0 Å². The van der Waals surface area contributed by atoms with Crippen LogP contribution in [-0.4, -0.2) is 38.6 Å². The van der Waals surface area contributed by atoms with Crippen LogP contribution in [0.4, 0.5) is 11.4 Å². The normalized spacial score (nSPS) is 22.1. The lowest BCUT2D eigenvalue weighted by atomic mass is 10.0. The van der Waals surface area contributed by atoms with Crippen LogP contribution < -0.4 is 4.90 Å². The monoisotopic (exact) mass is 384 g/mol. The molecular formula is C20H22N3O3S+. The van der Waals surface area contributed by atoms with E-state index in [9.17, 15) is 15.2 Å². The van der Waals surface area contributed by atoms with Crippen molar-refractivity contribution in [3.8, 4) is 0 Å². The molecule has 0 saturated carbocycles. The molecule has 1 atom stereocenters. The first-order chi connectivity index (χ1) is 13.0. The Balaban J connectivity index is 1.77. The summed E-state index contributed by atoms with van der Waals surface area (Å²) in [5.74, 6) is 1.00. The van der Waals surface area contributed by atoms with Crippen LogP contribution in [0.2, 0.25) is 0 Å². The molecule has 0 saturated heterocycles. The van der Waals surface area contributed by atoms with E-state index in [4.69, 9.17) is 0 Å². The number of non-ortho nitro benzene ring substituents is 1. The van der Waals surface area contributed by atoms with Crippen molar-refractivity contribution >= 4 is 28.3 Å². The fourth-order valence-electron chi connectivity index (χ4n) is 3.73. The molecule has 7 heteroatoms. The molecule has 0 bridgehead atoms. The second-order valence-electron chi connectivity index (χ2n) is 6.87. The summed E-state index contributed by atoms with van der Waals surface area (Å²) in [5, 5.41) is 23.8. The van der Waals surface area contributed by atoms with Crippen molar-refractivity contribution < 1.29 is 14.6 Å². The summed E-state index contributed by atoms with van der Waals surface area (Å²) in [7, 11) is 0. The minimum absolute atomic E-state index is 0.00196. The first kappa shape index (κ1) is 18.0. The summed E-state index contributed by atoms with van der Waals surface area (Å²) in [5.41, 5.74) is 1.58. The summed E-state index contributed by atoms with van der Waals surface area (Å²) in [6.45, 7) is 3.20. The number of hydrogen-bond donors (Lipinski definition) is 1. The number of benzene rings is 2. The smallest absolute Gasteiger partial charge is 0.316 e. The molecule has 2 heterocycles. The van der Waals surface area contributed by atoms with Crippen LogP contribution in [0, 0.1) is 10.1 Å². The van der Waals surface area contributed by atoms with E-state index in [2.05, 4.69) is 36.1 Å². The van der Waals surface area contributed by atoms with E-state index in [0.29, 0.717) is 12.1 Å². The fourth-order valence-corrected chi connectivity index (χ4v) is 4.91. The molecule has 2 aliphatic rings. The Morgan fingerprint density at radius 3 is 2.78 bits per heavy atom. The van der Waals surface area contributed by atoms with Crippen LogP contribution in [0.3, 0.4) is 0 Å². The second kappa shape index (κ2) is 6.98. The maximum atomic E-state index is 11.6. The third kappa shape index (κ3) is 3.11. The zero-order chi connectivity index (χ0) is 19.0. The largest absolute Gasteiger partial charge is 0.346 e. The van der Waals surface area contributed by atoms with E-state index in [1.54, 1.807) is 23.9 Å². The summed E-state index contributed by atoms with van der Waals surface area (Å²) in [6.07, 6.45) is 1.95. The third-order valence-electron chi connectivity index (χ3n) is 5.22. The quantitative estimate of drug-likeness (QED) is 0.497. The number of anilines is 1. The van der Waals surface area contributed by atoms with Gasteiger partial charge in [0.2, 0.25) is 0 Å². The van der Waals surface area contributed by atoms with Crippen molar-refractivity contribution in [2.45, 2.75) is 25.5 Å². The van der Waals surface area contributed by atoms with Gasteiger partial charge in [-0.2, -0.15) is 0 Å². The lowest BCUT2D eigenvalue weighted by Gasteiger charge is -2.24.